The van der Waals surface area contributed by atoms with Gasteiger partial charge in [0.15, 0.2) is 0 Å². The first-order valence-corrected chi connectivity index (χ1v) is 10.1. The van der Waals surface area contributed by atoms with Crippen LogP contribution in [-0.4, -0.2) is 33.5 Å². The van der Waals surface area contributed by atoms with Gasteiger partial charge in [0.25, 0.3) is 0 Å². The zero-order chi connectivity index (χ0) is 19.5. The van der Waals surface area contributed by atoms with Crippen LogP contribution in [0, 0.1) is 6.92 Å². The Hall–Kier alpha value is -2.82. The lowest BCUT2D eigenvalue weighted by molar-refractivity contribution is -0.129. The second kappa shape index (κ2) is 8.05. The van der Waals surface area contributed by atoms with E-state index < -0.39 is 0 Å². The third-order valence-corrected chi connectivity index (χ3v) is 5.52. The van der Waals surface area contributed by atoms with Crippen LogP contribution in [0.3, 0.4) is 0 Å². The topological polar surface area (TPSA) is 47.4 Å². The van der Waals surface area contributed by atoms with Gasteiger partial charge in [-0.25, -0.2) is 4.98 Å². The van der Waals surface area contributed by atoms with Crippen molar-refractivity contribution in [2.45, 2.75) is 45.7 Å². The van der Waals surface area contributed by atoms with Crippen molar-refractivity contribution < 1.29 is 9.53 Å². The zero-order valence-corrected chi connectivity index (χ0v) is 16.6. The molecule has 1 aromatic heterocycles. The minimum absolute atomic E-state index is 0.0715. The molecule has 0 spiro atoms. The Morgan fingerprint density at radius 3 is 2.79 bits per heavy atom. The predicted molar refractivity (Wildman–Crippen MR) is 110 cm³/mol. The molecule has 2 aromatic carbocycles. The summed E-state index contributed by atoms with van der Waals surface area (Å²) >= 11 is 0. The molecule has 4 rings (SSSR count). The summed E-state index contributed by atoms with van der Waals surface area (Å²) < 4.78 is 8.25. The van der Waals surface area contributed by atoms with E-state index in [9.17, 15) is 4.79 Å². The van der Waals surface area contributed by atoms with Gasteiger partial charge in [0.05, 0.1) is 23.7 Å². The number of nitrogens with zero attached hydrogens (tertiary/aromatic N) is 3. The van der Waals surface area contributed by atoms with Gasteiger partial charge in [-0.1, -0.05) is 30.3 Å². The first kappa shape index (κ1) is 18.5. The average molecular weight is 377 g/mol. The second-order valence-electron chi connectivity index (χ2n) is 7.45. The lowest BCUT2D eigenvalue weighted by Crippen LogP contribution is -2.30. The Morgan fingerprint density at radius 2 is 1.96 bits per heavy atom. The Kier molecular flexibility index (Phi) is 5.33. The first-order valence-electron chi connectivity index (χ1n) is 10.1. The number of imidazole rings is 1. The number of rotatable bonds is 6. The number of aryl methyl sites for hydroxylation is 2. The molecule has 3 aromatic rings. The maximum absolute atomic E-state index is 12.1. The van der Waals surface area contributed by atoms with Crippen LogP contribution in [-0.2, 0) is 11.3 Å². The molecular weight excluding hydrogens is 350 g/mol. The van der Waals surface area contributed by atoms with Gasteiger partial charge in [0.2, 0.25) is 5.91 Å². The van der Waals surface area contributed by atoms with Gasteiger partial charge in [-0.2, -0.15) is 0 Å². The number of ether oxygens (including phenoxy) is 1. The maximum Gasteiger partial charge on any atom is 0.220 e. The molecule has 1 aliphatic heterocycles. The highest BCUT2D eigenvalue weighted by Crippen LogP contribution is 2.33. The van der Waals surface area contributed by atoms with Gasteiger partial charge in [-0.3, -0.25) is 4.79 Å². The molecule has 0 aliphatic carbocycles. The summed E-state index contributed by atoms with van der Waals surface area (Å²) in [4.78, 5) is 18.9. The van der Waals surface area contributed by atoms with Crippen molar-refractivity contribution in [3.05, 3.63) is 59.9 Å². The van der Waals surface area contributed by atoms with Crippen molar-refractivity contribution in [2.24, 2.45) is 0 Å². The van der Waals surface area contributed by atoms with E-state index in [0.29, 0.717) is 6.61 Å². The molecule has 0 saturated carbocycles. The zero-order valence-electron chi connectivity index (χ0n) is 16.6. The van der Waals surface area contributed by atoms with Crippen molar-refractivity contribution in [3.63, 3.8) is 0 Å². The van der Waals surface area contributed by atoms with Gasteiger partial charge in [0, 0.05) is 20.0 Å². The standard InChI is InChI=1S/C23H27N3O2/c1-17-9-3-6-13-22(17)28-16-8-15-26-20-11-5-4-10-19(20)24-23(26)21-12-7-14-25(21)18(2)27/h3-6,9-11,13,21H,7-8,12,14-16H2,1-2H3. The SMILES string of the molecule is CC(=O)N1CCCC1c1nc2ccccc2n1CCCOc1ccccc1C. The molecule has 5 nitrogen and oxygen atoms in total. The van der Waals surface area contributed by atoms with Crippen molar-refractivity contribution >= 4 is 16.9 Å². The molecule has 0 bridgehead atoms. The Balaban J connectivity index is 1.54. The Labute approximate surface area is 165 Å². The van der Waals surface area contributed by atoms with Gasteiger partial charge in [-0.15, -0.1) is 0 Å². The highest BCUT2D eigenvalue weighted by atomic mass is 16.5. The Morgan fingerprint density at radius 1 is 1.18 bits per heavy atom. The van der Waals surface area contributed by atoms with E-state index in [1.165, 1.54) is 0 Å². The van der Waals surface area contributed by atoms with Crippen molar-refractivity contribution in [3.8, 4) is 5.75 Å². The third kappa shape index (κ3) is 3.61. The van der Waals surface area contributed by atoms with E-state index in [1.807, 2.05) is 41.3 Å². The van der Waals surface area contributed by atoms with Crippen LogP contribution in [0.1, 0.15) is 43.6 Å². The third-order valence-electron chi connectivity index (χ3n) is 5.52. The van der Waals surface area contributed by atoms with Gasteiger partial charge in [0.1, 0.15) is 11.6 Å². The molecule has 0 radical (unpaired) electrons. The van der Waals surface area contributed by atoms with Gasteiger partial charge < -0.3 is 14.2 Å². The molecule has 1 aliphatic rings. The average Bonchev–Trinajstić information content (AvgIpc) is 3.31. The minimum Gasteiger partial charge on any atom is -0.493 e. The molecule has 1 unspecified atom stereocenters. The number of hydrogen-bond donors (Lipinski definition) is 0. The molecular formula is C23H27N3O2. The normalized spacial score (nSPS) is 16.6. The van der Waals surface area contributed by atoms with Crippen LogP contribution in [0.25, 0.3) is 11.0 Å². The first-order chi connectivity index (χ1) is 13.6. The van der Waals surface area contributed by atoms with E-state index in [-0.39, 0.29) is 11.9 Å². The molecule has 146 valence electrons. The van der Waals surface area contributed by atoms with Crippen molar-refractivity contribution in [1.82, 2.24) is 14.5 Å². The van der Waals surface area contributed by atoms with E-state index in [2.05, 4.69) is 23.6 Å². The lowest BCUT2D eigenvalue weighted by atomic mass is 10.2. The van der Waals surface area contributed by atoms with Crippen LogP contribution >= 0.6 is 0 Å². The molecule has 1 amide bonds. The lowest BCUT2D eigenvalue weighted by Gasteiger charge is -2.24. The van der Waals surface area contributed by atoms with Crippen molar-refractivity contribution in [2.75, 3.05) is 13.2 Å². The summed E-state index contributed by atoms with van der Waals surface area (Å²) in [6.07, 6.45) is 2.89. The predicted octanol–water partition coefficient (Wildman–Crippen LogP) is 4.50. The number of aromatic nitrogens is 2. The van der Waals surface area contributed by atoms with Crippen LogP contribution < -0.4 is 4.74 Å². The number of likely N-dealkylation sites (tertiary alicyclic amines) is 1. The fraction of sp³-hybridized carbons (Fsp3) is 0.391. The molecule has 0 N–H and O–H groups in total. The number of carbonyl (C=O) groups is 1. The molecule has 5 heteroatoms. The quantitative estimate of drug-likeness (QED) is 0.594. The van der Waals surface area contributed by atoms with Crippen LogP contribution in [0.15, 0.2) is 48.5 Å². The van der Waals surface area contributed by atoms with E-state index in [0.717, 1.165) is 60.5 Å². The summed E-state index contributed by atoms with van der Waals surface area (Å²) in [5.41, 5.74) is 3.27. The monoisotopic (exact) mass is 377 g/mol. The number of para-hydroxylation sites is 3. The summed E-state index contributed by atoms with van der Waals surface area (Å²) in [7, 11) is 0. The summed E-state index contributed by atoms with van der Waals surface area (Å²) in [5, 5.41) is 0. The summed E-state index contributed by atoms with van der Waals surface area (Å²) in [5.74, 6) is 2.07. The molecule has 1 fully saturated rings. The highest BCUT2D eigenvalue weighted by molar-refractivity contribution is 5.77. The number of fused-ring (bicyclic) bond motifs is 1. The highest BCUT2D eigenvalue weighted by Gasteiger charge is 2.32. The van der Waals surface area contributed by atoms with E-state index >= 15 is 0 Å². The van der Waals surface area contributed by atoms with Crippen LogP contribution in [0.5, 0.6) is 5.75 Å². The van der Waals surface area contributed by atoms with Gasteiger partial charge in [-0.05, 0) is 49.9 Å². The Bertz CT molecular complexity index is 979. The molecule has 28 heavy (non-hydrogen) atoms. The number of benzene rings is 2. The van der Waals surface area contributed by atoms with Crippen molar-refractivity contribution in [1.29, 1.82) is 0 Å². The number of hydrogen-bond acceptors (Lipinski definition) is 3. The summed E-state index contributed by atoms with van der Waals surface area (Å²) in [6.45, 7) is 6.01. The van der Waals surface area contributed by atoms with Crippen LogP contribution in [0.2, 0.25) is 0 Å². The summed E-state index contributed by atoms with van der Waals surface area (Å²) in [6, 6.07) is 16.4. The molecule has 1 saturated heterocycles. The smallest absolute Gasteiger partial charge is 0.220 e. The fourth-order valence-corrected chi connectivity index (χ4v) is 4.12. The number of amides is 1. The number of carbonyl (C=O) groups excluding carboxylic acids is 1. The fourth-order valence-electron chi connectivity index (χ4n) is 4.12. The van der Waals surface area contributed by atoms with E-state index in [4.69, 9.17) is 9.72 Å². The maximum atomic E-state index is 12.1. The van der Waals surface area contributed by atoms with Crippen LogP contribution in [0.4, 0.5) is 0 Å². The van der Waals surface area contributed by atoms with E-state index in [1.54, 1.807) is 6.92 Å². The second-order valence-corrected chi connectivity index (χ2v) is 7.45. The minimum atomic E-state index is 0.0715. The molecule has 2 heterocycles. The van der Waals surface area contributed by atoms with Gasteiger partial charge >= 0.3 is 0 Å². The largest absolute Gasteiger partial charge is 0.493 e. The molecule has 1 atom stereocenters.